The van der Waals surface area contributed by atoms with Gasteiger partial charge in [-0.1, -0.05) is 18.2 Å². The predicted octanol–water partition coefficient (Wildman–Crippen LogP) is 2.45. The van der Waals surface area contributed by atoms with Gasteiger partial charge in [0.05, 0.1) is 11.6 Å². The summed E-state index contributed by atoms with van der Waals surface area (Å²) in [5.41, 5.74) is 3.29. The highest BCUT2D eigenvalue weighted by atomic mass is 32.1. The number of thiazole rings is 1. The second-order valence-corrected chi connectivity index (χ2v) is 4.31. The molecule has 1 atom stereocenters. The molecule has 17 heavy (non-hydrogen) atoms. The van der Waals surface area contributed by atoms with Gasteiger partial charge in [-0.05, 0) is 13.0 Å². The number of para-hydroxylation sites is 1. The van der Waals surface area contributed by atoms with Gasteiger partial charge in [0.1, 0.15) is 5.69 Å². The van der Waals surface area contributed by atoms with Crippen LogP contribution in [0.2, 0.25) is 0 Å². The second kappa shape index (κ2) is 5.07. The van der Waals surface area contributed by atoms with Crippen LogP contribution in [0.15, 0.2) is 35.2 Å². The number of nitrogens with zero attached hydrogens (tertiary/aromatic N) is 1. The summed E-state index contributed by atoms with van der Waals surface area (Å²) in [4.78, 5) is 15.7. The number of benzene rings is 1. The first-order chi connectivity index (χ1) is 8.18. The zero-order valence-electron chi connectivity index (χ0n) is 9.25. The standard InChI is InChI=1S/C12H12N2O2S/c1-8(15)9-4-2-3-5-10(9)14-12(16)11-6-17-7-13-11/h2-8,15H,1H3,(H,14,16). The lowest BCUT2D eigenvalue weighted by atomic mass is 10.1. The summed E-state index contributed by atoms with van der Waals surface area (Å²) in [5.74, 6) is -0.264. The van der Waals surface area contributed by atoms with Crippen LogP contribution in [0.4, 0.5) is 5.69 Å². The van der Waals surface area contributed by atoms with E-state index in [-0.39, 0.29) is 5.91 Å². The molecule has 0 saturated carbocycles. The van der Waals surface area contributed by atoms with Crippen LogP contribution in [0.1, 0.15) is 29.1 Å². The van der Waals surface area contributed by atoms with Crippen molar-refractivity contribution in [1.82, 2.24) is 4.98 Å². The molecule has 0 radical (unpaired) electrons. The number of nitrogens with one attached hydrogen (secondary N) is 1. The molecule has 4 nitrogen and oxygen atoms in total. The van der Waals surface area contributed by atoms with Gasteiger partial charge in [0, 0.05) is 16.6 Å². The molecule has 5 heteroatoms. The average Bonchev–Trinajstić information content (AvgIpc) is 2.83. The summed E-state index contributed by atoms with van der Waals surface area (Å²) in [6.07, 6.45) is -0.623. The molecule has 0 saturated heterocycles. The first kappa shape index (κ1) is 11.8. The Labute approximate surface area is 103 Å². The molecule has 0 aliphatic rings. The van der Waals surface area contributed by atoms with E-state index in [1.807, 2.05) is 12.1 Å². The lowest BCUT2D eigenvalue weighted by Crippen LogP contribution is -2.14. The highest BCUT2D eigenvalue weighted by Gasteiger charge is 2.12. The highest BCUT2D eigenvalue weighted by Crippen LogP contribution is 2.22. The SMILES string of the molecule is CC(O)c1ccccc1NC(=O)c1cscn1. The number of carbonyl (C=O) groups is 1. The van der Waals surface area contributed by atoms with E-state index < -0.39 is 6.10 Å². The van der Waals surface area contributed by atoms with Crippen LogP contribution in [0.25, 0.3) is 0 Å². The number of aliphatic hydroxyl groups excluding tert-OH is 1. The molecular weight excluding hydrogens is 236 g/mol. The largest absolute Gasteiger partial charge is 0.389 e. The lowest BCUT2D eigenvalue weighted by Gasteiger charge is -2.12. The molecule has 0 aliphatic carbocycles. The Bertz CT molecular complexity index is 509. The van der Waals surface area contributed by atoms with Crippen LogP contribution in [-0.4, -0.2) is 16.0 Å². The molecule has 2 rings (SSSR count). The van der Waals surface area contributed by atoms with E-state index in [0.29, 0.717) is 16.9 Å². The lowest BCUT2D eigenvalue weighted by molar-refractivity contribution is 0.102. The minimum Gasteiger partial charge on any atom is -0.389 e. The van der Waals surface area contributed by atoms with Crippen LogP contribution < -0.4 is 5.32 Å². The number of anilines is 1. The third kappa shape index (κ3) is 2.69. The Balaban J connectivity index is 2.22. The number of carbonyl (C=O) groups excluding carboxylic acids is 1. The normalized spacial score (nSPS) is 12.1. The molecule has 0 aliphatic heterocycles. The molecule has 0 fully saturated rings. The zero-order chi connectivity index (χ0) is 12.3. The van der Waals surface area contributed by atoms with Crippen molar-refractivity contribution in [2.45, 2.75) is 13.0 Å². The summed E-state index contributed by atoms with van der Waals surface area (Å²) in [6, 6.07) is 7.16. The Morgan fingerprint density at radius 2 is 2.24 bits per heavy atom. The van der Waals surface area contributed by atoms with Crippen molar-refractivity contribution in [3.05, 3.63) is 46.4 Å². The van der Waals surface area contributed by atoms with Crippen molar-refractivity contribution in [1.29, 1.82) is 0 Å². The van der Waals surface area contributed by atoms with Crippen LogP contribution >= 0.6 is 11.3 Å². The van der Waals surface area contributed by atoms with E-state index in [4.69, 9.17) is 0 Å². The van der Waals surface area contributed by atoms with E-state index in [2.05, 4.69) is 10.3 Å². The smallest absolute Gasteiger partial charge is 0.275 e. The van der Waals surface area contributed by atoms with Gasteiger partial charge in [-0.15, -0.1) is 11.3 Å². The van der Waals surface area contributed by atoms with Gasteiger partial charge < -0.3 is 10.4 Å². The van der Waals surface area contributed by atoms with Crippen LogP contribution in [0, 0.1) is 0 Å². The second-order valence-electron chi connectivity index (χ2n) is 3.59. The van der Waals surface area contributed by atoms with Crippen molar-refractivity contribution >= 4 is 22.9 Å². The van der Waals surface area contributed by atoms with Crippen LogP contribution in [0.3, 0.4) is 0 Å². The van der Waals surface area contributed by atoms with E-state index in [9.17, 15) is 9.90 Å². The minimum absolute atomic E-state index is 0.264. The summed E-state index contributed by atoms with van der Waals surface area (Å²) < 4.78 is 0. The molecule has 0 spiro atoms. The Hall–Kier alpha value is -1.72. The fraction of sp³-hybridized carbons (Fsp3) is 0.167. The van der Waals surface area contributed by atoms with E-state index >= 15 is 0 Å². The van der Waals surface area contributed by atoms with Crippen LogP contribution in [0.5, 0.6) is 0 Å². The Kier molecular flexibility index (Phi) is 3.51. The molecular formula is C12H12N2O2S. The maximum atomic E-state index is 11.8. The third-order valence-corrected chi connectivity index (χ3v) is 2.91. The number of rotatable bonds is 3. The van der Waals surface area contributed by atoms with E-state index in [1.165, 1.54) is 11.3 Å². The van der Waals surface area contributed by atoms with Crippen LogP contribution in [-0.2, 0) is 0 Å². The molecule has 88 valence electrons. The minimum atomic E-state index is -0.623. The van der Waals surface area contributed by atoms with Gasteiger partial charge in [-0.2, -0.15) is 0 Å². The van der Waals surface area contributed by atoms with Gasteiger partial charge >= 0.3 is 0 Å². The number of amides is 1. The number of aromatic nitrogens is 1. The molecule has 1 aromatic heterocycles. The molecule has 1 heterocycles. The number of hydrogen-bond donors (Lipinski definition) is 2. The van der Waals surface area contributed by atoms with Gasteiger partial charge in [-0.25, -0.2) is 4.98 Å². The predicted molar refractivity (Wildman–Crippen MR) is 67.1 cm³/mol. The monoisotopic (exact) mass is 248 g/mol. The molecule has 2 aromatic rings. The summed E-state index contributed by atoms with van der Waals surface area (Å²) in [5, 5.41) is 14.0. The van der Waals surface area contributed by atoms with Crippen molar-refractivity contribution in [2.75, 3.05) is 5.32 Å². The fourth-order valence-electron chi connectivity index (χ4n) is 1.49. The quantitative estimate of drug-likeness (QED) is 0.877. The maximum absolute atomic E-state index is 11.8. The highest BCUT2D eigenvalue weighted by molar-refractivity contribution is 7.07. The Morgan fingerprint density at radius 1 is 1.47 bits per heavy atom. The third-order valence-electron chi connectivity index (χ3n) is 2.32. The first-order valence-corrected chi connectivity index (χ1v) is 6.09. The number of hydrogen-bond acceptors (Lipinski definition) is 4. The maximum Gasteiger partial charge on any atom is 0.275 e. The first-order valence-electron chi connectivity index (χ1n) is 5.15. The van der Waals surface area contributed by atoms with Gasteiger partial charge in [-0.3, -0.25) is 4.79 Å². The average molecular weight is 248 g/mol. The molecule has 1 unspecified atom stereocenters. The van der Waals surface area contributed by atoms with Crippen molar-refractivity contribution in [2.24, 2.45) is 0 Å². The molecule has 1 amide bonds. The summed E-state index contributed by atoms with van der Waals surface area (Å²) in [7, 11) is 0. The number of aliphatic hydroxyl groups is 1. The molecule has 0 bridgehead atoms. The molecule has 2 N–H and O–H groups in total. The topological polar surface area (TPSA) is 62.2 Å². The van der Waals surface area contributed by atoms with Gasteiger partial charge in [0.25, 0.3) is 5.91 Å². The van der Waals surface area contributed by atoms with Crippen molar-refractivity contribution in [3.63, 3.8) is 0 Å². The fourth-order valence-corrected chi connectivity index (χ4v) is 2.02. The van der Waals surface area contributed by atoms with Gasteiger partial charge in [0.2, 0.25) is 0 Å². The summed E-state index contributed by atoms with van der Waals surface area (Å²) >= 11 is 1.37. The van der Waals surface area contributed by atoms with Crippen molar-refractivity contribution in [3.8, 4) is 0 Å². The summed E-state index contributed by atoms with van der Waals surface area (Å²) in [6.45, 7) is 1.66. The Morgan fingerprint density at radius 3 is 2.88 bits per heavy atom. The van der Waals surface area contributed by atoms with E-state index in [0.717, 1.165) is 0 Å². The van der Waals surface area contributed by atoms with Crippen molar-refractivity contribution < 1.29 is 9.90 Å². The van der Waals surface area contributed by atoms with E-state index in [1.54, 1.807) is 29.9 Å². The zero-order valence-corrected chi connectivity index (χ0v) is 10.1. The molecule has 1 aromatic carbocycles. The van der Waals surface area contributed by atoms with Gasteiger partial charge in [0.15, 0.2) is 0 Å².